The van der Waals surface area contributed by atoms with E-state index in [-0.39, 0.29) is 0 Å². The molecular formula is C51H43N5. The number of rotatable bonds is 6. The summed E-state index contributed by atoms with van der Waals surface area (Å²) in [5, 5.41) is 12.5. The molecule has 5 nitrogen and oxygen atoms in total. The van der Waals surface area contributed by atoms with Crippen LogP contribution in [0.15, 0.2) is 146 Å². The van der Waals surface area contributed by atoms with Crippen molar-refractivity contribution in [1.29, 1.82) is 0 Å². The van der Waals surface area contributed by atoms with Gasteiger partial charge in [0.1, 0.15) is 11.5 Å². The first-order valence-electron chi connectivity index (χ1n) is 19.4. The van der Waals surface area contributed by atoms with E-state index in [4.69, 9.17) is 4.98 Å². The molecule has 5 heteroatoms. The molecule has 0 spiro atoms. The Morgan fingerprint density at radius 1 is 0.482 bits per heavy atom. The van der Waals surface area contributed by atoms with E-state index in [9.17, 15) is 0 Å². The Labute approximate surface area is 326 Å². The van der Waals surface area contributed by atoms with Crippen molar-refractivity contribution < 1.29 is 0 Å². The molecule has 0 amide bonds. The van der Waals surface area contributed by atoms with Crippen LogP contribution in [0.1, 0.15) is 55.8 Å². The van der Waals surface area contributed by atoms with Gasteiger partial charge in [0, 0.05) is 27.2 Å². The van der Waals surface area contributed by atoms with Crippen molar-refractivity contribution in [2.45, 2.75) is 47.0 Å². The smallest absolute Gasteiger partial charge is 0.141 e. The lowest BCUT2D eigenvalue weighted by Crippen LogP contribution is -2.36. The molecule has 0 atom stereocenters. The maximum atomic E-state index is 5.85. The second-order valence-electron chi connectivity index (χ2n) is 15.6. The Morgan fingerprint density at radius 2 is 0.982 bits per heavy atom. The predicted molar refractivity (Wildman–Crippen MR) is 232 cm³/mol. The van der Waals surface area contributed by atoms with Crippen LogP contribution in [0.2, 0.25) is 0 Å². The summed E-state index contributed by atoms with van der Waals surface area (Å²) in [6.07, 6.45) is 1.93. The first-order valence-corrected chi connectivity index (χ1v) is 19.4. The number of benzene rings is 6. The fourth-order valence-electron chi connectivity index (χ4n) is 10.1. The van der Waals surface area contributed by atoms with Crippen LogP contribution in [-0.4, -0.2) is 24.3 Å². The van der Waals surface area contributed by atoms with Gasteiger partial charge in [-0.05, 0) is 123 Å². The van der Waals surface area contributed by atoms with Gasteiger partial charge in [-0.3, -0.25) is 14.2 Å². The van der Waals surface area contributed by atoms with Gasteiger partial charge in [-0.15, -0.1) is 0 Å². The lowest BCUT2D eigenvalue weighted by molar-refractivity contribution is 0.688. The van der Waals surface area contributed by atoms with E-state index in [2.05, 4.69) is 200 Å². The zero-order valence-electron chi connectivity index (χ0n) is 32.6. The largest absolute Gasteiger partial charge is 0.294 e. The third-order valence-electron chi connectivity index (χ3n) is 11.8. The summed E-state index contributed by atoms with van der Waals surface area (Å²) in [5.41, 5.74) is 16.7. The van der Waals surface area contributed by atoms with Crippen LogP contribution >= 0.6 is 0 Å². The molecule has 0 aliphatic heterocycles. The zero-order valence-corrected chi connectivity index (χ0v) is 32.6. The van der Waals surface area contributed by atoms with Gasteiger partial charge in [0.2, 0.25) is 0 Å². The molecule has 10 aromatic rings. The molecule has 0 saturated heterocycles. The number of hydrogen-bond acceptors (Lipinski definition) is 2. The summed E-state index contributed by atoms with van der Waals surface area (Å²) in [4.78, 5) is 5.85. The van der Waals surface area contributed by atoms with Crippen molar-refractivity contribution >= 4 is 43.7 Å². The van der Waals surface area contributed by atoms with Crippen molar-refractivity contribution in [3.8, 4) is 11.5 Å². The van der Waals surface area contributed by atoms with Gasteiger partial charge in [-0.25, -0.2) is 4.98 Å². The number of aromatic amines is 1. The van der Waals surface area contributed by atoms with Crippen LogP contribution in [-0.2, 0) is 5.41 Å². The Bertz CT molecular complexity index is 3010. The van der Waals surface area contributed by atoms with Crippen LogP contribution < -0.4 is 0 Å². The minimum absolute atomic E-state index is 0.801. The second kappa shape index (κ2) is 12.7. The Balaban J connectivity index is 1.36. The van der Waals surface area contributed by atoms with Gasteiger partial charge in [0.15, 0.2) is 0 Å². The normalized spacial score (nSPS) is 12.1. The molecular weight excluding hydrogens is 683 g/mol. The summed E-state index contributed by atoms with van der Waals surface area (Å²) >= 11 is 0. The molecule has 0 saturated carbocycles. The predicted octanol–water partition coefficient (Wildman–Crippen LogP) is 12.2. The quantitative estimate of drug-likeness (QED) is 0.174. The van der Waals surface area contributed by atoms with Crippen LogP contribution in [0.4, 0.5) is 0 Å². The van der Waals surface area contributed by atoms with Crippen LogP contribution in [0.5, 0.6) is 0 Å². The minimum Gasteiger partial charge on any atom is -0.294 e. The molecule has 56 heavy (non-hydrogen) atoms. The Kier molecular flexibility index (Phi) is 7.65. The SMILES string of the molecule is Cc1cc(C)c(C(c2cccc(-n3c4ccccc4c4cn[nH]c43)c2)(c2cccc(-n3c4ccccc4c4ccccc43)n2)c2c(C)cc(C)cc2C)c(C)c1. The van der Waals surface area contributed by atoms with Gasteiger partial charge in [-0.1, -0.05) is 108 Å². The number of H-pyrrole nitrogens is 1. The van der Waals surface area contributed by atoms with E-state index in [1.165, 1.54) is 60.7 Å². The molecule has 0 radical (unpaired) electrons. The van der Waals surface area contributed by atoms with E-state index >= 15 is 0 Å². The van der Waals surface area contributed by atoms with E-state index in [1.54, 1.807) is 0 Å². The molecule has 0 fully saturated rings. The molecule has 0 bridgehead atoms. The van der Waals surface area contributed by atoms with E-state index < -0.39 is 5.41 Å². The van der Waals surface area contributed by atoms with Crippen molar-refractivity contribution in [1.82, 2.24) is 24.3 Å². The number of para-hydroxylation sites is 3. The summed E-state index contributed by atoms with van der Waals surface area (Å²) in [5.74, 6) is 0.890. The van der Waals surface area contributed by atoms with Crippen molar-refractivity contribution in [2.24, 2.45) is 0 Å². The second-order valence-corrected chi connectivity index (χ2v) is 15.6. The zero-order chi connectivity index (χ0) is 38.3. The molecule has 4 aromatic heterocycles. The lowest BCUT2D eigenvalue weighted by atomic mass is 9.62. The highest BCUT2D eigenvalue weighted by atomic mass is 15.2. The highest BCUT2D eigenvalue weighted by Gasteiger charge is 2.44. The highest BCUT2D eigenvalue weighted by Crippen LogP contribution is 2.50. The standard InChI is InChI=1S/C51H43N5/c1-31-25-33(3)48(34(4)26-31)51(49-35(5)27-32(2)28-36(49)6,37-15-13-16-38(29-37)55-43-20-10-9-19-41(43)42-30-52-54-50(42)55)46-23-14-24-47(53-46)56-44-21-11-7-17-39(44)40-18-8-12-22-45(40)56/h7-30H,1-6H3,(H,52,54). The Morgan fingerprint density at radius 3 is 1.55 bits per heavy atom. The van der Waals surface area contributed by atoms with E-state index in [1.807, 2.05) is 6.20 Å². The fraction of sp³-hybridized carbons (Fsp3) is 0.137. The van der Waals surface area contributed by atoms with Crippen molar-refractivity contribution in [3.05, 3.63) is 201 Å². The minimum atomic E-state index is -0.801. The molecule has 4 heterocycles. The molecule has 6 aromatic carbocycles. The van der Waals surface area contributed by atoms with Crippen LogP contribution in [0, 0.1) is 41.5 Å². The molecule has 0 aliphatic rings. The molecule has 1 N–H and O–H groups in total. The summed E-state index contributed by atoms with van der Waals surface area (Å²) in [6, 6.07) is 51.0. The van der Waals surface area contributed by atoms with Crippen LogP contribution in [0.3, 0.4) is 0 Å². The maximum Gasteiger partial charge on any atom is 0.141 e. The van der Waals surface area contributed by atoms with Crippen molar-refractivity contribution in [3.63, 3.8) is 0 Å². The molecule has 0 aliphatic carbocycles. The average Bonchev–Trinajstić information content (AvgIpc) is 3.88. The first kappa shape index (κ1) is 33.8. The van der Waals surface area contributed by atoms with Gasteiger partial charge in [0.05, 0.1) is 33.9 Å². The summed E-state index contributed by atoms with van der Waals surface area (Å²) in [7, 11) is 0. The maximum absolute atomic E-state index is 5.85. The molecule has 10 rings (SSSR count). The van der Waals surface area contributed by atoms with Gasteiger partial charge in [-0.2, -0.15) is 5.10 Å². The number of aryl methyl sites for hydroxylation is 6. The monoisotopic (exact) mass is 725 g/mol. The van der Waals surface area contributed by atoms with Gasteiger partial charge >= 0.3 is 0 Å². The van der Waals surface area contributed by atoms with Crippen molar-refractivity contribution in [2.75, 3.05) is 0 Å². The van der Waals surface area contributed by atoms with Gasteiger partial charge < -0.3 is 0 Å². The van der Waals surface area contributed by atoms with E-state index in [0.717, 1.165) is 50.3 Å². The highest BCUT2D eigenvalue weighted by molar-refractivity contribution is 6.09. The number of hydrogen-bond donors (Lipinski definition) is 1. The number of fused-ring (bicyclic) bond motifs is 6. The van der Waals surface area contributed by atoms with Gasteiger partial charge in [0.25, 0.3) is 0 Å². The molecule has 0 unspecified atom stereocenters. The average molecular weight is 726 g/mol. The molecule has 272 valence electrons. The third-order valence-corrected chi connectivity index (χ3v) is 11.8. The number of nitrogens with zero attached hydrogens (tertiary/aromatic N) is 4. The number of pyridine rings is 1. The fourth-order valence-corrected chi connectivity index (χ4v) is 10.1. The third kappa shape index (κ3) is 4.86. The van der Waals surface area contributed by atoms with E-state index in [0.29, 0.717) is 0 Å². The first-order chi connectivity index (χ1) is 27.3. The Hall–Kier alpha value is -6.72. The number of nitrogens with one attached hydrogen (secondary N) is 1. The topological polar surface area (TPSA) is 51.4 Å². The van der Waals surface area contributed by atoms with Crippen LogP contribution in [0.25, 0.3) is 55.2 Å². The summed E-state index contributed by atoms with van der Waals surface area (Å²) < 4.78 is 4.65. The summed E-state index contributed by atoms with van der Waals surface area (Å²) in [6.45, 7) is 13.5. The number of aromatic nitrogens is 5. The lowest BCUT2D eigenvalue weighted by Gasteiger charge is -2.40.